The number of nitrogens with one attached hydrogen (secondary N) is 1. The summed E-state index contributed by atoms with van der Waals surface area (Å²) >= 11 is 1.19. The number of anilines is 2. The Balaban J connectivity index is 2.00. The van der Waals surface area contributed by atoms with Crippen molar-refractivity contribution in [3.8, 4) is 12.1 Å². The highest BCUT2D eigenvalue weighted by Gasteiger charge is 2.22. The summed E-state index contributed by atoms with van der Waals surface area (Å²) in [7, 11) is 0. The fourth-order valence-electron chi connectivity index (χ4n) is 2.70. The maximum atomic E-state index is 12.2. The lowest BCUT2D eigenvalue weighted by Crippen LogP contribution is -2.19. The molecule has 0 saturated heterocycles. The van der Waals surface area contributed by atoms with Gasteiger partial charge in [0.1, 0.15) is 5.76 Å². The van der Waals surface area contributed by atoms with E-state index in [0.717, 1.165) is 11.3 Å². The molecule has 0 radical (unpaired) electrons. The lowest BCUT2D eigenvalue weighted by molar-refractivity contribution is 0.0979. The predicted molar refractivity (Wildman–Crippen MR) is 110 cm³/mol. The first-order valence-electron chi connectivity index (χ1n) is 8.63. The molecule has 0 aliphatic rings. The number of benzene rings is 2. The monoisotopic (exact) mass is 403 g/mol. The average Bonchev–Trinajstić information content (AvgIpc) is 3.14. The summed E-state index contributed by atoms with van der Waals surface area (Å²) in [5, 5.41) is 18.0. The zero-order valence-electron chi connectivity index (χ0n) is 15.8. The molecule has 0 bridgehead atoms. The normalized spacial score (nSPS) is 10.1. The van der Waals surface area contributed by atoms with E-state index < -0.39 is 0 Å². The third kappa shape index (κ3) is 4.57. The maximum Gasteiger partial charge on any atom is 0.303 e. The lowest BCUT2D eigenvalue weighted by atomic mass is 10.1. The summed E-state index contributed by atoms with van der Waals surface area (Å²) < 4.78 is 8.44. The Morgan fingerprint density at radius 1 is 1.10 bits per heavy atom. The first-order valence-corrected chi connectivity index (χ1v) is 9.85. The van der Waals surface area contributed by atoms with Crippen molar-refractivity contribution in [2.24, 2.45) is 0 Å². The Morgan fingerprint density at radius 3 is 2.24 bits per heavy atom. The van der Waals surface area contributed by atoms with Gasteiger partial charge in [0.05, 0.1) is 29.8 Å². The van der Waals surface area contributed by atoms with Crippen LogP contribution in [0.15, 0.2) is 52.9 Å². The first-order chi connectivity index (χ1) is 14.0. The molecule has 0 spiro atoms. The van der Waals surface area contributed by atoms with E-state index >= 15 is 0 Å². The quantitative estimate of drug-likeness (QED) is 0.618. The standard InChI is InChI=1S/C21H17N5O2S/c1-14-19(20(27)25-29-2)24-21(28-14)26(18-9-7-16(12-23)8-10-18)13-17-5-3-15(11-22)4-6-17/h3-10H,13H2,1-2H3,(H,25,27). The molecule has 3 aromatic rings. The third-order valence-corrected chi connectivity index (χ3v) is 4.55. The van der Waals surface area contributed by atoms with Gasteiger partial charge < -0.3 is 4.42 Å². The van der Waals surface area contributed by atoms with Crippen LogP contribution in [0.25, 0.3) is 0 Å². The number of rotatable bonds is 6. The highest BCUT2D eigenvalue weighted by atomic mass is 32.2. The zero-order valence-corrected chi connectivity index (χ0v) is 16.7. The molecule has 29 heavy (non-hydrogen) atoms. The predicted octanol–water partition coefficient (Wildman–Crippen LogP) is 4.07. The van der Waals surface area contributed by atoms with Crippen LogP contribution >= 0.6 is 11.9 Å². The molecule has 0 fully saturated rings. The van der Waals surface area contributed by atoms with Gasteiger partial charge in [-0.3, -0.25) is 14.4 Å². The Morgan fingerprint density at radius 2 is 1.69 bits per heavy atom. The summed E-state index contributed by atoms with van der Waals surface area (Å²) in [6.07, 6.45) is 1.75. The number of hydrogen-bond donors (Lipinski definition) is 1. The van der Waals surface area contributed by atoms with Gasteiger partial charge in [-0.15, -0.1) is 0 Å². The number of hydrogen-bond acceptors (Lipinski definition) is 7. The molecule has 7 nitrogen and oxygen atoms in total. The summed E-state index contributed by atoms with van der Waals surface area (Å²) in [5.74, 6) is 0.0770. The molecule has 0 aliphatic carbocycles. The van der Waals surface area contributed by atoms with Crippen molar-refractivity contribution in [1.29, 1.82) is 10.5 Å². The molecule has 1 amide bonds. The highest BCUT2D eigenvalue weighted by molar-refractivity contribution is 7.97. The second-order valence-corrected chi connectivity index (χ2v) is 6.70. The average molecular weight is 403 g/mol. The molecule has 1 N–H and O–H groups in total. The second kappa shape index (κ2) is 8.96. The van der Waals surface area contributed by atoms with E-state index in [0.29, 0.717) is 23.4 Å². The Kier molecular flexibility index (Phi) is 6.18. The molecule has 2 aromatic carbocycles. The largest absolute Gasteiger partial charge is 0.428 e. The van der Waals surface area contributed by atoms with Gasteiger partial charge in [-0.2, -0.15) is 15.5 Å². The van der Waals surface area contributed by atoms with Crippen LogP contribution in [0, 0.1) is 29.6 Å². The number of aryl methyl sites for hydroxylation is 1. The van der Waals surface area contributed by atoms with Crippen molar-refractivity contribution in [3.63, 3.8) is 0 Å². The van der Waals surface area contributed by atoms with Crippen LogP contribution in [0.4, 0.5) is 11.7 Å². The molecule has 0 atom stereocenters. The van der Waals surface area contributed by atoms with Crippen LogP contribution in [0.1, 0.15) is 32.9 Å². The first kappa shape index (κ1) is 20.0. The van der Waals surface area contributed by atoms with E-state index in [9.17, 15) is 4.79 Å². The molecular weight excluding hydrogens is 386 g/mol. The van der Waals surface area contributed by atoms with Crippen LogP contribution in [0.2, 0.25) is 0 Å². The van der Waals surface area contributed by atoms with Gasteiger partial charge in [0, 0.05) is 11.9 Å². The Bertz CT molecular complexity index is 1090. The van der Waals surface area contributed by atoms with E-state index in [2.05, 4.69) is 21.8 Å². The molecule has 1 aromatic heterocycles. The number of carbonyl (C=O) groups excluding carboxylic acids is 1. The number of nitriles is 2. The minimum atomic E-state index is -0.330. The van der Waals surface area contributed by atoms with Gasteiger partial charge >= 0.3 is 6.01 Å². The third-order valence-electron chi connectivity index (χ3n) is 4.16. The van der Waals surface area contributed by atoms with Crippen LogP contribution in [0.5, 0.6) is 0 Å². The molecule has 0 aliphatic heterocycles. The van der Waals surface area contributed by atoms with E-state index in [-0.39, 0.29) is 17.6 Å². The van der Waals surface area contributed by atoms with Gasteiger partial charge in [0.25, 0.3) is 5.91 Å². The van der Waals surface area contributed by atoms with Gasteiger partial charge in [0.15, 0.2) is 5.69 Å². The maximum absolute atomic E-state index is 12.2. The fourth-order valence-corrected chi connectivity index (χ4v) is 2.98. The molecular formula is C21H17N5O2S. The minimum Gasteiger partial charge on any atom is -0.428 e. The summed E-state index contributed by atoms with van der Waals surface area (Å²) in [6.45, 7) is 2.09. The Hall–Kier alpha value is -3.75. The van der Waals surface area contributed by atoms with Crippen LogP contribution in [-0.2, 0) is 6.54 Å². The van der Waals surface area contributed by atoms with Gasteiger partial charge in [-0.25, -0.2) is 0 Å². The van der Waals surface area contributed by atoms with Crippen molar-refractivity contribution in [2.45, 2.75) is 13.5 Å². The van der Waals surface area contributed by atoms with Crippen LogP contribution in [-0.4, -0.2) is 17.1 Å². The minimum absolute atomic E-state index is 0.216. The number of nitrogens with zero attached hydrogens (tertiary/aromatic N) is 4. The van der Waals surface area contributed by atoms with Crippen molar-refractivity contribution in [2.75, 3.05) is 11.2 Å². The van der Waals surface area contributed by atoms with Crippen molar-refractivity contribution < 1.29 is 9.21 Å². The second-order valence-electron chi connectivity index (χ2n) is 6.09. The van der Waals surface area contributed by atoms with Gasteiger partial charge in [-0.05, 0) is 48.9 Å². The number of aromatic nitrogens is 1. The van der Waals surface area contributed by atoms with Crippen molar-refractivity contribution in [3.05, 3.63) is 76.7 Å². The van der Waals surface area contributed by atoms with E-state index in [4.69, 9.17) is 14.9 Å². The highest BCUT2D eigenvalue weighted by Crippen LogP contribution is 2.29. The topological polar surface area (TPSA) is 106 Å². The van der Waals surface area contributed by atoms with E-state index in [1.165, 1.54) is 11.9 Å². The van der Waals surface area contributed by atoms with Gasteiger partial charge in [-0.1, -0.05) is 24.1 Å². The van der Waals surface area contributed by atoms with E-state index in [1.54, 1.807) is 49.6 Å². The summed E-state index contributed by atoms with van der Waals surface area (Å²) in [4.78, 5) is 18.4. The number of oxazole rings is 1. The smallest absolute Gasteiger partial charge is 0.303 e. The fraction of sp³-hybridized carbons (Fsp3) is 0.143. The SMILES string of the molecule is CSNC(=O)c1nc(N(Cc2ccc(C#N)cc2)c2ccc(C#N)cc2)oc1C. The molecule has 3 rings (SSSR count). The van der Waals surface area contributed by atoms with E-state index in [1.807, 2.05) is 17.0 Å². The molecule has 0 saturated carbocycles. The molecule has 144 valence electrons. The molecule has 8 heteroatoms. The Labute approximate surface area is 172 Å². The zero-order chi connectivity index (χ0) is 20.8. The molecule has 1 heterocycles. The van der Waals surface area contributed by atoms with Crippen molar-refractivity contribution >= 4 is 29.6 Å². The van der Waals surface area contributed by atoms with Crippen molar-refractivity contribution in [1.82, 2.24) is 9.71 Å². The molecule has 0 unspecified atom stereocenters. The summed E-state index contributed by atoms with van der Waals surface area (Å²) in [6, 6.07) is 18.6. The number of amides is 1. The lowest BCUT2D eigenvalue weighted by Gasteiger charge is -2.21. The van der Waals surface area contributed by atoms with Crippen LogP contribution < -0.4 is 9.62 Å². The summed E-state index contributed by atoms with van der Waals surface area (Å²) in [5.41, 5.74) is 3.01. The number of carbonyl (C=O) groups is 1. The van der Waals surface area contributed by atoms with Gasteiger partial charge in [0.2, 0.25) is 0 Å². The van der Waals surface area contributed by atoms with Crippen LogP contribution in [0.3, 0.4) is 0 Å².